The molecule has 1 aliphatic rings. The topological polar surface area (TPSA) is 26.3 Å². The molecular weight excluding hydrogens is 229 g/mol. The molecule has 0 bridgehead atoms. The summed E-state index contributed by atoms with van der Waals surface area (Å²) in [7, 11) is -1.30. The van der Waals surface area contributed by atoms with Crippen LogP contribution in [0.3, 0.4) is 0 Å². The van der Waals surface area contributed by atoms with Gasteiger partial charge in [-0.15, -0.1) is 13.2 Å². The van der Waals surface area contributed by atoms with E-state index in [0.717, 1.165) is 5.57 Å². The molecule has 88 valence electrons. The van der Waals surface area contributed by atoms with Crippen LogP contribution in [0, 0.1) is 0 Å². The van der Waals surface area contributed by atoms with Crippen LogP contribution in [0.5, 0.6) is 0 Å². The lowest BCUT2D eigenvalue weighted by atomic mass is 9.93. The number of hydrogen-bond donors (Lipinski definition) is 0. The molecule has 3 atom stereocenters. The molecule has 15 heavy (non-hydrogen) atoms. The van der Waals surface area contributed by atoms with E-state index in [-0.39, 0.29) is 6.42 Å². The van der Waals surface area contributed by atoms with E-state index in [1.807, 2.05) is 0 Å². The van der Waals surface area contributed by atoms with Crippen molar-refractivity contribution in [3.05, 3.63) is 12.2 Å². The van der Waals surface area contributed by atoms with Crippen LogP contribution in [0.1, 0.15) is 19.3 Å². The van der Waals surface area contributed by atoms with Gasteiger partial charge in [-0.25, -0.2) is 0 Å². The minimum absolute atomic E-state index is 0.143. The molecule has 1 rings (SSSR count). The van der Waals surface area contributed by atoms with E-state index in [2.05, 4.69) is 11.3 Å². The summed E-state index contributed by atoms with van der Waals surface area (Å²) in [6.07, 6.45) is -3.09. The Bertz CT molecular complexity index is 275. The van der Waals surface area contributed by atoms with Gasteiger partial charge in [-0.3, -0.25) is 8.95 Å². The third kappa shape index (κ3) is 3.95. The van der Waals surface area contributed by atoms with Crippen LogP contribution < -0.4 is 0 Å². The van der Waals surface area contributed by atoms with Gasteiger partial charge in [-0.05, 0) is 19.3 Å². The summed E-state index contributed by atoms with van der Waals surface area (Å²) in [5, 5.41) is -0.544. The molecule has 0 aliphatic heterocycles. The lowest BCUT2D eigenvalue weighted by Gasteiger charge is -2.31. The predicted molar refractivity (Wildman–Crippen MR) is 51.8 cm³/mol. The van der Waals surface area contributed by atoms with E-state index in [4.69, 9.17) is 0 Å². The molecule has 1 fully saturated rings. The summed E-state index contributed by atoms with van der Waals surface area (Å²) in [5.74, 6) is 0. The molecule has 0 N–H and O–H groups in total. The Morgan fingerprint density at radius 1 is 1.53 bits per heavy atom. The van der Waals surface area contributed by atoms with E-state index in [1.54, 1.807) is 0 Å². The first kappa shape index (κ1) is 12.7. The Morgan fingerprint density at radius 3 is 2.60 bits per heavy atom. The third-order valence-electron chi connectivity index (χ3n) is 2.40. The highest BCUT2D eigenvalue weighted by Crippen LogP contribution is 2.32. The van der Waals surface area contributed by atoms with Gasteiger partial charge < -0.3 is 0 Å². The first-order valence-corrected chi connectivity index (χ1v) is 6.15. The van der Waals surface area contributed by atoms with Crippen LogP contribution >= 0.6 is 0 Å². The van der Waals surface area contributed by atoms with Crippen LogP contribution in [0.25, 0.3) is 0 Å². The molecule has 0 radical (unpaired) electrons. The summed E-state index contributed by atoms with van der Waals surface area (Å²) in [6, 6.07) is 0. The first-order chi connectivity index (χ1) is 6.79. The van der Waals surface area contributed by atoms with Gasteiger partial charge in [0.15, 0.2) is 0 Å². The second-order valence-electron chi connectivity index (χ2n) is 3.63. The number of rotatable bonds is 2. The van der Waals surface area contributed by atoms with E-state index >= 15 is 0 Å². The minimum Gasteiger partial charge on any atom is -0.287 e. The summed E-state index contributed by atoms with van der Waals surface area (Å²) in [6.45, 7) is 3.64. The van der Waals surface area contributed by atoms with Crippen LogP contribution in [0.15, 0.2) is 12.2 Å². The van der Waals surface area contributed by atoms with E-state index in [0.29, 0.717) is 12.8 Å². The Labute approximate surface area is 88.9 Å². The molecule has 1 aliphatic carbocycles. The molecule has 1 saturated carbocycles. The Morgan fingerprint density at radius 2 is 2.13 bits per heavy atom. The molecule has 0 amide bonds. The molecule has 0 heterocycles. The van der Waals surface area contributed by atoms with Gasteiger partial charge in [-0.2, -0.15) is 0 Å². The average molecular weight is 242 g/mol. The number of alkyl halides is 3. The second kappa shape index (κ2) is 4.65. The van der Waals surface area contributed by atoms with Gasteiger partial charge in [0.1, 0.15) is 0 Å². The fraction of sp³-hybridized carbons (Fsp3) is 0.778. The molecular formula is C9H13F3O2S. The second-order valence-corrected chi connectivity index (χ2v) is 5.23. The van der Waals surface area contributed by atoms with Crippen LogP contribution in [-0.4, -0.2) is 28.2 Å². The van der Waals surface area contributed by atoms with Crippen LogP contribution in [-0.2, 0) is 15.5 Å². The van der Waals surface area contributed by atoms with Crippen molar-refractivity contribution < 1.29 is 22.1 Å². The average Bonchev–Trinajstić information content (AvgIpc) is 1.99. The fourth-order valence-electron chi connectivity index (χ4n) is 1.72. The van der Waals surface area contributed by atoms with Crippen LogP contribution in [0.2, 0.25) is 0 Å². The highest BCUT2D eigenvalue weighted by Gasteiger charge is 2.40. The highest BCUT2D eigenvalue weighted by atomic mass is 32.2. The van der Waals surface area contributed by atoms with E-state index in [9.17, 15) is 17.4 Å². The number of halogens is 3. The lowest BCUT2D eigenvalue weighted by Crippen LogP contribution is -2.39. The quantitative estimate of drug-likeness (QED) is 0.695. The van der Waals surface area contributed by atoms with Gasteiger partial charge in [0, 0.05) is 17.1 Å². The zero-order chi connectivity index (χ0) is 11.6. The van der Waals surface area contributed by atoms with Crippen molar-refractivity contribution in [3.63, 3.8) is 0 Å². The smallest absolute Gasteiger partial charge is 0.287 e. The molecule has 0 aromatic heterocycles. The monoisotopic (exact) mass is 242 g/mol. The standard InChI is InChI=1S/C9H13F3O2S/c1-6-3-4-8(15(2)13)7(5-6)14-9(10,11)12/h7-8H,1,3-5H2,2H3. The van der Waals surface area contributed by atoms with Crippen molar-refractivity contribution in [2.24, 2.45) is 0 Å². The molecule has 0 aromatic carbocycles. The zero-order valence-electron chi connectivity index (χ0n) is 8.34. The zero-order valence-corrected chi connectivity index (χ0v) is 9.16. The van der Waals surface area contributed by atoms with Crippen molar-refractivity contribution in [2.45, 2.75) is 37.0 Å². The Balaban J connectivity index is 2.70. The highest BCUT2D eigenvalue weighted by molar-refractivity contribution is 7.84. The van der Waals surface area contributed by atoms with Crippen molar-refractivity contribution in [1.29, 1.82) is 0 Å². The molecule has 0 aromatic rings. The van der Waals surface area contributed by atoms with Gasteiger partial charge in [-0.1, -0.05) is 12.2 Å². The third-order valence-corrected chi connectivity index (χ3v) is 3.79. The van der Waals surface area contributed by atoms with Crippen molar-refractivity contribution in [2.75, 3.05) is 6.26 Å². The first-order valence-electron chi connectivity index (χ1n) is 4.53. The lowest BCUT2D eigenvalue weighted by molar-refractivity contribution is -0.343. The fourth-order valence-corrected chi connectivity index (χ4v) is 2.75. The molecule has 0 saturated heterocycles. The molecule has 3 unspecified atom stereocenters. The molecule has 6 heteroatoms. The largest absolute Gasteiger partial charge is 0.522 e. The van der Waals surface area contributed by atoms with Gasteiger partial charge in [0.05, 0.1) is 11.4 Å². The summed E-state index contributed by atoms with van der Waals surface area (Å²) in [4.78, 5) is 0. The van der Waals surface area contributed by atoms with Gasteiger partial charge >= 0.3 is 6.36 Å². The van der Waals surface area contributed by atoms with Gasteiger partial charge in [0.25, 0.3) is 0 Å². The summed E-state index contributed by atoms with van der Waals surface area (Å²) < 4.78 is 51.4. The Kier molecular flexibility index (Phi) is 3.94. The minimum atomic E-state index is -4.67. The maximum Gasteiger partial charge on any atom is 0.522 e. The van der Waals surface area contributed by atoms with E-state index < -0.39 is 28.5 Å². The summed E-state index contributed by atoms with van der Waals surface area (Å²) >= 11 is 0. The molecule has 2 nitrogen and oxygen atoms in total. The predicted octanol–water partition coefficient (Wildman–Crippen LogP) is 2.38. The van der Waals surface area contributed by atoms with Crippen LogP contribution in [0.4, 0.5) is 13.2 Å². The van der Waals surface area contributed by atoms with Crippen molar-refractivity contribution in [1.82, 2.24) is 0 Å². The normalized spacial score (nSPS) is 30.3. The van der Waals surface area contributed by atoms with E-state index in [1.165, 1.54) is 6.26 Å². The van der Waals surface area contributed by atoms with Crippen molar-refractivity contribution in [3.8, 4) is 0 Å². The number of ether oxygens (including phenoxy) is 1. The summed E-state index contributed by atoms with van der Waals surface area (Å²) in [5.41, 5.74) is 0.728. The maximum atomic E-state index is 12.1. The Hall–Kier alpha value is -0.360. The maximum absolute atomic E-state index is 12.1. The number of hydrogen-bond acceptors (Lipinski definition) is 2. The van der Waals surface area contributed by atoms with Gasteiger partial charge in [0.2, 0.25) is 0 Å². The van der Waals surface area contributed by atoms with Crippen molar-refractivity contribution >= 4 is 10.8 Å². The molecule has 0 spiro atoms. The SMILES string of the molecule is C=C1CCC(S(C)=O)C(OC(F)(F)F)C1.